The Labute approximate surface area is 78.1 Å². The fourth-order valence-electron chi connectivity index (χ4n) is 1.13. The van der Waals surface area contributed by atoms with Crippen LogP contribution in [0.15, 0.2) is 23.2 Å². The lowest BCUT2D eigenvalue weighted by Crippen LogP contribution is -1.81. The van der Waals surface area contributed by atoms with Crippen molar-refractivity contribution in [3.8, 4) is 0 Å². The molecule has 1 aromatic carbocycles. The number of hydrogen-bond donors (Lipinski definition) is 0. The van der Waals surface area contributed by atoms with Gasteiger partial charge in [-0.15, -0.1) is 0 Å². The quantitative estimate of drug-likeness (QED) is 0.499. The van der Waals surface area contributed by atoms with Gasteiger partial charge in [0.2, 0.25) is 0 Å². The third-order valence-corrected chi connectivity index (χ3v) is 1.88. The van der Waals surface area contributed by atoms with Crippen molar-refractivity contribution in [1.82, 2.24) is 0 Å². The minimum Gasteiger partial charge on any atom is -0.194 e. The first-order chi connectivity index (χ1) is 5.77. The number of aliphatic imine (C=N–C) groups is 1. The van der Waals surface area contributed by atoms with Crippen molar-refractivity contribution in [3.63, 3.8) is 0 Å². The second kappa shape index (κ2) is 4.15. The van der Waals surface area contributed by atoms with Crippen molar-refractivity contribution < 1.29 is 0 Å². The van der Waals surface area contributed by atoms with Crippen molar-refractivity contribution in [2.45, 2.75) is 20.3 Å². The fourth-order valence-corrected chi connectivity index (χ4v) is 1.22. The van der Waals surface area contributed by atoms with Crippen LogP contribution in [0.4, 0.5) is 5.69 Å². The van der Waals surface area contributed by atoms with Gasteiger partial charge in [0.25, 0.3) is 0 Å². The van der Waals surface area contributed by atoms with Crippen LogP contribution in [0.5, 0.6) is 0 Å². The molecule has 0 heterocycles. The summed E-state index contributed by atoms with van der Waals surface area (Å²) in [6.07, 6.45) is 0.982. The van der Waals surface area contributed by atoms with Crippen molar-refractivity contribution >= 4 is 23.1 Å². The third kappa shape index (κ3) is 2.00. The number of isothiocyanates is 1. The van der Waals surface area contributed by atoms with Crippen LogP contribution in [0, 0.1) is 6.92 Å². The van der Waals surface area contributed by atoms with Crippen molar-refractivity contribution in [2.24, 2.45) is 4.99 Å². The van der Waals surface area contributed by atoms with E-state index in [1.54, 1.807) is 0 Å². The van der Waals surface area contributed by atoms with Crippen molar-refractivity contribution in [3.05, 3.63) is 29.3 Å². The molecule has 0 fully saturated rings. The second-order valence-corrected chi connectivity index (χ2v) is 2.87. The van der Waals surface area contributed by atoms with Crippen LogP contribution < -0.4 is 0 Å². The van der Waals surface area contributed by atoms with Gasteiger partial charge < -0.3 is 0 Å². The molecule has 0 radical (unpaired) electrons. The summed E-state index contributed by atoms with van der Waals surface area (Å²) >= 11 is 4.57. The molecule has 2 heteroatoms. The lowest BCUT2D eigenvalue weighted by Gasteiger charge is -2.01. The molecule has 0 saturated carbocycles. The SMILES string of the molecule is CCc1ccc(C)cc1N=C=S. The molecular formula is C10H11NS. The van der Waals surface area contributed by atoms with E-state index in [0.29, 0.717) is 0 Å². The predicted octanol–water partition coefficient (Wildman–Crippen LogP) is 3.29. The molecule has 0 unspecified atom stereocenters. The first-order valence-corrected chi connectivity index (χ1v) is 4.36. The van der Waals surface area contributed by atoms with Gasteiger partial charge in [0, 0.05) is 0 Å². The van der Waals surface area contributed by atoms with Gasteiger partial charge in [-0.1, -0.05) is 19.1 Å². The van der Waals surface area contributed by atoms with Crippen LogP contribution in [0.1, 0.15) is 18.1 Å². The second-order valence-electron chi connectivity index (χ2n) is 2.69. The zero-order valence-corrected chi connectivity index (χ0v) is 8.11. The molecule has 1 rings (SSSR count). The monoisotopic (exact) mass is 177 g/mol. The molecule has 0 aliphatic rings. The van der Waals surface area contributed by atoms with E-state index in [0.717, 1.165) is 12.1 Å². The van der Waals surface area contributed by atoms with Gasteiger partial charge in [0.15, 0.2) is 0 Å². The summed E-state index contributed by atoms with van der Waals surface area (Å²) in [5, 5.41) is 2.39. The fraction of sp³-hybridized carbons (Fsp3) is 0.300. The molecule has 0 aliphatic heterocycles. The van der Waals surface area contributed by atoms with Gasteiger partial charge in [-0.25, -0.2) is 0 Å². The summed E-state index contributed by atoms with van der Waals surface area (Å²) in [4.78, 5) is 4.00. The van der Waals surface area contributed by atoms with Gasteiger partial charge in [-0.3, -0.25) is 0 Å². The van der Waals surface area contributed by atoms with E-state index >= 15 is 0 Å². The Bertz CT molecular complexity index is 325. The number of hydrogen-bond acceptors (Lipinski definition) is 2. The Kier molecular flexibility index (Phi) is 3.15. The molecule has 0 aromatic heterocycles. The van der Waals surface area contributed by atoms with Crippen LogP contribution in [0.3, 0.4) is 0 Å². The largest absolute Gasteiger partial charge is 0.194 e. The summed E-state index contributed by atoms with van der Waals surface area (Å²) in [5.41, 5.74) is 3.38. The van der Waals surface area contributed by atoms with Crippen molar-refractivity contribution in [1.29, 1.82) is 0 Å². The first kappa shape index (κ1) is 9.11. The maximum atomic E-state index is 4.57. The smallest absolute Gasteiger partial charge is 0.0774 e. The van der Waals surface area contributed by atoms with E-state index in [1.807, 2.05) is 13.0 Å². The van der Waals surface area contributed by atoms with Gasteiger partial charge in [-0.2, -0.15) is 4.99 Å². The number of benzene rings is 1. The van der Waals surface area contributed by atoms with Crippen LogP contribution in [0.2, 0.25) is 0 Å². The standard InChI is InChI=1S/C10H11NS/c1-3-9-5-4-8(2)6-10(9)11-7-12/h4-6H,3H2,1-2H3. The summed E-state index contributed by atoms with van der Waals surface area (Å²) in [6.45, 7) is 4.15. The van der Waals surface area contributed by atoms with Crippen LogP contribution in [-0.4, -0.2) is 5.16 Å². The average Bonchev–Trinajstić information content (AvgIpc) is 2.05. The molecule has 0 saturated heterocycles. The summed E-state index contributed by atoms with van der Waals surface area (Å²) in [7, 11) is 0. The van der Waals surface area contributed by atoms with E-state index in [1.165, 1.54) is 11.1 Å². The van der Waals surface area contributed by atoms with Gasteiger partial charge in [-0.05, 0) is 42.8 Å². The lowest BCUT2D eigenvalue weighted by molar-refractivity contribution is 1.13. The predicted molar refractivity (Wildman–Crippen MR) is 55.2 cm³/mol. The minimum atomic E-state index is 0.951. The number of thiocarbonyl (C=S) groups is 1. The first-order valence-electron chi connectivity index (χ1n) is 3.95. The van der Waals surface area contributed by atoms with Gasteiger partial charge >= 0.3 is 0 Å². The zero-order chi connectivity index (χ0) is 8.97. The molecule has 0 spiro atoms. The summed E-state index contributed by atoms with van der Waals surface area (Å²) < 4.78 is 0. The highest BCUT2D eigenvalue weighted by Gasteiger charge is 1.97. The molecule has 0 atom stereocenters. The summed E-state index contributed by atoms with van der Waals surface area (Å²) in [5.74, 6) is 0. The average molecular weight is 177 g/mol. The highest BCUT2D eigenvalue weighted by Crippen LogP contribution is 2.20. The van der Waals surface area contributed by atoms with E-state index in [4.69, 9.17) is 0 Å². The Morgan fingerprint density at radius 1 is 1.50 bits per heavy atom. The highest BCUT2D eigenvalue weighted by atomic mass is 32.1. The number of aryl methyl sites for hydroxylation is 2. The van der Waals surface area contributed by atoms with Crippen LogP contribution in [-0.2, 0) is 6.42 Å². The molecule has 1 nitrogen and oxygen atoms in total. The Balaban J connectivity index is 3.20. The topological polar surface area (TPSA) is 12.4 Å². The number of rotatable bonds is 2. The van der Waals surface area contributed by atoms with Crippen LogP contribution in [0.25, 0.3) is 0 Å². The Morgan fingerprint density at radius 3 is 2.83 bits per heavy atom. The van der Waals surface area contributed by atoms with E-state index < -0.39 is 0 Å². The molecule has 62 valence electrons. The Hall–Kier alpha value is -0.980. The van der Waals surface area contributed by atoms with Gasteiger partial charge in [0.1, 0.15) is 0 Å². The maximum Gasteiger partial charge on any atom is 0.0774 e. The van der Waals surface area contributed by atoms with Crippen molar-refractivity contribution in [2.75, 3.05) is 0 Å². The molecule has 0 N–H and O–H groups in total. The third-order valence-electron chi connectivity index (χ3n) is 1.79. The van der Waals surface area contributed by atoms with E-state index in [-0.39, 0.29) is 0 Å². The molecular weight excluding hydrogens is 166 g/mol. The normalized spacial score (nSPS) is 9.17. The molecule has 1 aromatic rings. The molecule has 0 aliphatic carbocycles. The zero-order valence-electron chi connectivity index (χ0n) is 7.29. The van der Waals surface area contributed by atoms with Crippen LogP contribution >= 0.6 is 12.2 Å². The van der Waals surface area contributed by atoms with Gasteiger partial charge in [0.05, 0.1) is 10.8 Å². The molecule has 0 bridgehead atoms. The highest BCUT2D eigenvalue weighted by molar-refractivity contribution is 7.78. The summed E-state index contributed by atoms with van der Waals surface area (Å²) in [6, 6.07) is 6.19. The van der Waals surface area contributed by atoms with E-state index in [9.17, 15) is 0 Å². The lowest BCUT2D eigenvalue weighted by atomic mass is 10.1. The maximum absolute atomic E-state index is 4.57. The Morgan fingerprint density at radius 2 is 2.25 bits per heavy atom. The van der Waals surface area contributed by atoms with E-state index in [2.05, 4.69) is 41.4 Å². The molecule has 12 heavy (non-hydrogen) atoms. The molecule has 0 amide bonds. The minimum absolute atomic E-state index is 0.951. The number of nitrogens with zero attached hydrogens (tertiary/aromatic N) is 1.